The van der Waals surface area contributed by atoms with Crippen LogP contribution >= 0.6 is 0 Å². The van der Waals surface area contributed by atoms with Gasteiger partial charge in [-0.05, 0) is 197 Å². The van der Waals surface area contributed by atoms with Gasteiger partial charge in [0.25, 0.3) is 11.8 Å². The molecule has 25 heteroatoms. The average Bonchev–Trinajstić information content (AvgIpc) is 0.795. The number of ether oxygens (including phenoxy) is 14. The highest BCUT2D eigenvalue weighted by Crippen LogP contribution is 2.44. The van der Waals surface area contributed by atoms with Crippen molar-refractivity contribution in [3.8, 4) is 69.0 Å². The number of hydrogen-bond donors (Lipinski definition) is 2. The molecule has 2 fully saturated rings. The molecule has 2 aliphatic rings. The second kappa shape index (κ2) is 41.0. The van der Waals surface area contributed by atoms with Crippen molar-refractivity contribution in [2.75, 3.05) is 131 Å². The van der Waals surface area contributed by atoms with E-state index in [-0.39, 0.29) is 44.0 Å². The van der Waals surface area contributed by atoms with Crippen molar-refractivity contribution < 1.29 is 95.1 Å². The molecular formula is C82H107N5O20. The average molecular weight is 1480 g/mol. The van der Waals surface area contributed by atoms with Crippen LogP contribution in [0.1, 0.15) is 135 Å². The predicted octanol–water partition coefficient (Wildman–Crippen LogP) is 11.2. The van der Waals surface area contributed by atoms with Crippen molar-refractivity contribution in [2.45, 2.75) is 127 Å². The number of nitrogens with zero attached hydrogens (tertiary/aromatic N) is 3. The first kappa shape index (κ1) is 82.4. The van der Waals surface area contributed by atoms with Crippen molar-refractivity contribution in [3.05, 3.63) is 143 Å². The number of carbonyl (C=O) groups is 6. The van der Waals surface area contributed by atoms with Crippen molar-refractivity contribution in [1.29, 1.82) is 0 Å². The molecule has 2 saturated heterocycles. The number of benzene rings is 6. The molecule has 0 aliphatic carbocycles. The first-order chi connectivity index (χ1) is 51.8. The van der Waals surface area contributed by atoms with E-state index in [1.165, 1.54) is 42.7 Å². The number of hydrogen-bond acceptors (Lipinski definition) is 21. The maximum Gasteiger partial charge on any atom is 0.329 e. The van der Waals surface area contributed by atoms with Gasteiger partial charge in [0.2, 0.25) is 23.3 Å². The number of amides is 4. The van der Waals surface area contributed by atoms with E-state index >= 15 is 0 Å². The second-order valence-corrected chi connectivity index (χ2v) is 26.7. The van der Waals surface area contributed by atoms with Crippen LogP contribution in [-0.2, 0) is 51.1 Å². The summed E-state index contributed by atoms with van der Waals surface area (Å²) < 4.78 is 81.2. The monoisotopic (exact) mass is 1480 g/mol. The van der Waals surface area contributed by atoms with E-state index in [4.69, 9.17) is 66.3 Å². The number of carbonyl (C=O) groups excluding carboxylic acids is 6. The molecule has 2 heterocycles. The van der Waals surface area contributed by atoms with Crippen molar-refractivity contribution in [2.24, 2.45) is 5.92 Å². The van der Waals surface area contributed by atoms with Gasteiger partial charge in [0, 0.05) is 38.6 Å². The number of piperidine rings is 2. The third-order valence-electron chi connectivity index (χ3n) is 19.5. The Bertz CT molecular complexity index is 3650. The van der Waals surface area contributed by atoms with E-state index < -0.39 is 59.9 Å². The number of aryl methyl sites for hydroxylation is 2. The molecule has 580 valence electrons. The summed E-state index contributed by atoms with van der Waals surface area (Å²) >= 11 is 0. The Hall–Kier alpha value is -10.3. The van der Waals surface area contributed by atoms with Gasteiger partial charge in [-0.1, -0.05) is 50.2 Å². The van der Waals surface area contributed by atoms with Crippen LogP contribution in [0.3, 0.4) is 0 Å². The Morgan fingerprint density at radius 2 is 0.813 bits per heavy atom. The van der Waals surface area contributed by atoms with Crippen molar-refractivity contribution in [3.63, 3.8) is 0 Å². The topological polar surface area (TPSA) is 265 Å². The fourth-order valence-electron chi connectivity index (χ4n) is 13.9. The summed E-state index contributed by atoms with van der Waals surface area (Å²) in [5.41, 5.74) is 4.38. The van der Waals surface area contributed by atoms with E-state index in [1.54, 1.807) is 98.9 Å². The minimum absolute atomic E-state index is 0.197. The van der Waals surface area contributed by atoms with E-state index in [9.17, 15) is 28.8 Å². The van der Waals surface area contributed by atoms with Crippen LogP contribution in [0.15, 0.2) is 109 Å². The predicted molar refractivity (Wildman–Crippen MR) is 402 cm³/mol. The molecule has 8 rings (SSSR count). The van der Waals surface area contributed by atoms with Gasteiger partial charge in [-0.2, -0.15) is 0 Å². The number of likely N-dealkylation sites (tertiary alicyclic amines) is 2. The SMILES string of the molecule is CCC(C(=O)N1CCCC[C@H]1C(=O)OC(CCc1ccc(OC)c(OC)c1)c1cccc(OCC(=O)NCC(CNC(=O)COc2cccc(C(CCc3ccc(OC)c(OC)c3)OC(=O)[C@@H]3CCCCN3C(=O)C(CC)c3cc(OC)c(OC)c(OC)c3)c2)CN(C)C)c1)c1cc(OC)c(OC)c(OC)c1. The molecule has 4 unspecified atom stereocenters. The molecule has 107 heavy (non-hydrogen) atoms. The zero-order valence-corrected chi connectivity index (χ0v) is 64.4. The number of esters is 2. The molecule has 2 aliphatic heterocycles. The molecule has 25 nitrogen and oxygen atoms in total. The van der Waals surface area contributed by atoms with Crippen LogP contribution in [0.5, 0.6) is 69.0 Å². The maximum atomic E-state index is 14.7. The summed E-state index contributed by atoms with van der Waals surface area (Å²) in [4.78, 5) is 91.4. The highest BCUT2D eigenvalue weighted by atomic mass is 16.6. The molecule has 6 aromatic rings. The molecule has 6 aromatic carbocycles. The van der Waals surface area contributed by atoms with Gasteiger partial charge >= 0.3 is 11.9 Å². The zero-order chi connectivity index (χ0) is 77.1. The van der Waals surface area contributed by atoms with Gasteiger partial charge in [-0.3, -0.25) is 19.2 Å². The Balaban J connectivity index is 0.906. The highest BCUT2D eigenvalue weighted by molar-refractivity contribution is 5.90. The van der Waals surface area contributed by atoms with Gasteiger partial charge in [0.15, 0.2) is 59.2 Å². The Morgan fingerprint density at radius 1 is 0.439 bits per heavy atom. The Morgan fingerprint density at radius 3 is 1.15 bits per heavy atom. The summed E-state index contributed by atoms with van der Waals surface area (Å²) in [5, 5.41) is 5.94. The van der Waals surface area contributed by atoms with E-state index in [0.717, 1.165) is 24.0 Å². The van der Waals surface area contributed by atoms with Crippen LogP contribution in [0.2, 0.25) is 0 Å². The zero-order valence-electron chi connectivity index (χ0n) is 64.4. The molecular weight excluding hydrogens is 1370 g/mol. The van der Waals surface area contributed by atoms with E-state index in [1.807, 2.05) is 81.4 Å². The third kappa shape index (κ3) is 21.9. The number of methoxy groups -OCH3 is 10. The minimum Gasteiger partial charge on any atom is -0.493 e. The van der Waals surface area contributed by atoms with E-state index in [2.05, 4.69) is 10.6 Å². The van der Waals surface area contributed by atoms with Gasteiger partial charge in [0.05, 0.1) is 82.9 Å². The summed E-state index contributed by atoms with van der Waals surface area (Å²) in [7, 11) is 19.2. The molecule has 6 atom stereocenters. The first-order valence-corrected chi connectivity index (χ1v) is 36.5. The lowest BCUT2D eigenvalue weighted by molar-refractivity contribution is -0.162. The molecule has 0 spiro atoms. The third-order valence-corrected chi connectivity index (χ3v) is 19.5. The maximum absolute atomic E-state index is 14.7. The molecule has 0 bridgehead atoms. The molecule has 0 saturated carbocycles. The smallest absolute Gasteiger partial charge is 0.329 e. The van der Waals surface area contributed by atoms with Gasteiger partial charge in [-0.25, -0.2) is 9.59 Å². The molecule has 4 amide bonds. The second-order valence-electron chi connectivity index (χ2n) is 26.7. The van der Waals surface area contributed by atoms with Gasteiger partial charge < -0.3 is 91.6 Å². The summed E-state index contributed by atoms with van der Waals surface area (Å²) in [6.07, 6.45) is 4.57. The van der Waals surface area contributed by atoms with Crippen molar-refractivity contribution >= 4 is 35.6 Å². The largest absolute Gasteiger partial charge is 0.493 e. The molecule has 0 radical (unpaired) electrons. The standard InChI is InChI=1S/C82H107N5O20/c1-15-61(57-43-71(98-9)77(102-13)72(44-57)99-10)79(90)86-37-19-17-27-63(86)81(92)106-65(33-29-52-31-35-67(94-5)69(39-52)96-7)55-23-21-25-59(41-55)104-50-75(88)83-47-54(49-85(3)4)48-84-76(89)51-105-60-26-22-24-56(42-60)66(34-30-53-32-36-68(95-6)70(40-53)97-8)107-82(93)64-28-18-20-38-87(64)80(91)62(16-2)58-45-73(100-11)78(103-14)74(46-58)101-12/h21-26,31-32,35-36,39-46,54,61-66H,15-20,27-30,33-34,37-38,47-51H2,1-14H3,(H,83,88)(H,84,89)/t54?,61?,62?,63-,64-,65?,66?/m0/s1. The lowest BCUT2D eigenvalue weighted by atomic mass is 9.91. The van der Waals surface area contributed by atoms with Gasteiger partial charge in [0.1, 0.15) is 35.8 Å². The van der Waals surface area contributed by atoms with Crippen LogP contribution in [0.4, 0.5) is 0 Å². The lowest BCUT2D eigenvalue weighted by Crippen LogP contribution is -2.50. The van der Waals surface area contributed by atoms with E-state index in [0.29, 0.717) is 175 Å². The summed E-state index contributed by atoms with van der Waals surface area (Å²) in [6, 6.07) is 30.8. The summed E-state index contributed by atoms with van der Waals surface area (Å²) in [6.45, 7) is 4.79. The van der Waals surface area contributed by atoms with Crippen molar-refractivity contribution in [1.82, 2.24) is 25.3 Å². The molecule has 2 N–H and O–H groups in total. The van der Waals surface area contributed by atoms with Crippen LogP contribution < -0.4 is 67.5 Å². The van der Waals surface area contributed by atoms with Crippen LogP contribution in [-0.4, -0.2) is 193 Å². The van der Waals surface area contributed by atoms with Crippen LogP contribution in [0.25, 0.3) is 0 Å². The first-order valence-electron chi connectivity index (χ1n) is 36.5. The quantitative estimate of drug-likeness (QED) is 0.0339. The molecule has 0 aromatic heterocycles. The fourth-order valence-corrected chi connectivity index (χ4v) is 13.9. The van der Waals surface area contributed by atoms with Gasteiger partial charge in [-0.15, -0.1) is 0 Å². The normalized spacial score (nSPS) is 15.6. The Kier molecular flexibility index (Phi) is 31.5. The van der Waals surface area contributed by atoms with Crippen LogP contribution in [0, 0.1) is 5.92 Å². The highest BCUT2D eigenvalue weighted by Gasteiger charge is 2.40. The number of rotatable bonds is 40. The minimum atomic E-state index is -0.860. The summed E-state index contributed by atoms with van der Waals surface area (Å²) in [5.74, 6) is 1.63. The Labute approximate surface area is 628 Å². The lowest BCUT2D eigenvalue weighted by Gasteiger charge is -2.37. The fraction of sp³-hybridized carbons (Fsp3) is 0.488. The number of nitrogens with one attached hydrogen (secondary N) is 2.